The fourth-order valence-electron chi connectivity index (χ4n) is 3.64. The van der Waals surface area contributed by atoms with E-state index in [9.17, 15) is 18.0 Å². The van der Waals surface area contributed by atoms with Gasteiger partial charge < -0.3 is 4.74 Å². The number of carbonyl (C=O) groups excluding carboxylic acids is 2. The molecule has 0 bridgehead atoms. The van der Waals surface area contributed by atoms with Crippen LogP contribution in [0.25, 0.3) is 0 Å². The predicted octanol–water partition coefficient (Wildman–Crippen LogP) is 4.63. The molecule has 32 heavy (non-hydrogen) atoms. The maximum absolute atomic E-state index is 13.3. The molecule has 1 aliphatic heterocycles. The summed E-state index contributed by atoms with van der Waals surface area (Å²) in [6.45, 7) is -0.0770. The molecule has 1 aliphatic rings. The summed E-state index contributed by atoms with van der Waals surface area (Å²) in [5.41, 5.74) is 2.10. The lowest BCUT2D eigenvalue weighted by atomic mass is 10.0. The zero-order valence-corrected chi connectivity index (χ0v) is 19.4. The van der Waals surface area contributed by atoms with Gasteiger partial charge >= 0.3 is 5.97 Å². The van der Waals surface area contributed by atoms with E-state index in [1.54, 1.807) is 30.3 Å². The molecule has 8 heteroatoms. The summed E-state index contributed by atoms with van der Waals surface area (Å²) in [6, 6.07) is 20.0. The lowest BCUT2D eigenvalue weighted by Gasteiger charge is -2.30. The SMILES string of the molecule is O=C(OCC(=O)c1ccccc1Br)c1cccc(S(=O)(=O)N2CCCc3ccccc32)c1. The minimum absolute atomic E-state index is 0.000725. The number of hydrogen-bond donors (Lipinski definition) is 0. The quantitative estimate of drug-likeness (QED) is 0.354. The molecule has 0 aliphatic carbocycles. The number of Topliss-reactive ketones (excluding diaryl/α,β-unsaturated/α-hetero) is 1. The topological polar surface area (TPSA) is 80.8 Å². The number of nitrogens with zero attached hydrogens (tertiary/aromatic N) is 1. The number of benzene rings is 3. The molecule has 0 saturated carbocycles. The van der Waals surface area contributed by atoms with Gasteiger partial charge in [-0.25, -0.2) is 13.2 Å². The van der Waals surface area contributed by atoms with Gasteiger partial charge in [-0.05, 0) is 48.7 Å². The molecule has 1 heterocycles. The molecule has 0 aromatic heterocycles. The molecule has 0 unspecified atom stereocenters. The summed E-state index contributed by atoms with van der Waals surface area (Å²) in [5, 5.41) is 0. The standard InChI is InChI=1S/C24H20BrNO5S/c25-21-12-3-2-11-20(21)23(27)16-31-24(28)18-8-5-10-19(15-18)32(29,30)26-14-6-9-17-7-1-4-13-22(17)26/h1-5,7-8,10-13,15H,6,9,14,16H2. The third-order valence-corrected chi connectivity index (χ3v) is 7.73. The average Bonchev–Trinajstić information content (AvgIpc) is 2.82. The van der Waals surface area contributed by atoms with Crippen LogP contribution in [0.5, 0.6) is 0 Å². The van der Waals surface area contributed by atoms with Gasteiger partial charge in [0.25, 0.3) is 10.0 Å². The molecule has 0 spiro atoms. The minimum atomic E-state index is -3.86. The zero-order chi connectivity index (χ0) is 22.7. The Balaban J connectivity index is 1.53. The zero-order valence-electron chi connectivity index (χ0n) is 17.0. The number of sulfonamides is 1. The summed E-state index contributed by atoms with van der Waals surface area (Å²) >= 11 is 3.30. The van der Waals surface area contributed by atoms with E-state index in [0.29, 0.717) is 22.3 Å². The van der Waals surface area contributed by atoms with Crippen LogP contribution in [0, 0.1) is 0 Å². The largest absolute Gasteiger partial charge is 0.454 e. The lowest BCUT2D eigenvalue weighted by Crippen LogP contribution is -2.35. The van der Waals surface area contributed by atoms with Crippen LogP contribution >= 0.6 is 15.9 Å². The number of anilines is 1. The molecular formula is C24H20BrNO5S. The van der Waals surface area contributed by atoms with Crippen molar-refractivity contribution in [3.8, 4) is 0 Å². The maximum atomic E-state index is 13.3. The van der Waals surface area contributed by atoms with Gasteiger partial charge in [0.1, 0.15) is 0 Å². The van der Waals surface area contributed by atoms with Crippen LogP contribution < -0.4 is 4.31 Å². The fourth-order valence-corrected chi connectivity index (χ4v) is 5.73. The average molecular weight is 514 g/mol. The van der Waals surface area contributed by atoms with E-state index < -0.39 is 22.6 Å². The summed E-state index contributed by atoms with van der Waals surface area (Å²) < 4.78 is 33.8. The van der Waals surface area contributed by atoms with Crippen LogP contribution in [0.3, 0.4) is 0 Å². The molecule has 0 N–H and O–H groups in total. The number of fused-ring (bicyclic) bond motifs is 1. The van der Waals surface area contributed by atoms with Crippen molar-refractivity contribution in [2.24, 2.45) is 0 Å². The number of aryl methyl sites for hydroxylation is 1. The molecule has 6 nitrogen and oxygen atoms in total. The lowest BCUT2D eigenvalue weighted by molar-refractivity contribution is 0.0474. The van der Waals surface area contributed by atoms with Crippen molar-refractivity contribution in [2.45, 2.75) is 17.7 Å². The Morgan fingerprint density at radius 2 is 1.72 bits per heavy atom. The van der Waals surface area contributed by atoms with Gasteiger partial charge in [-0.1, -0.05) is 58.4 Å². The third kappa shape index (κ3) is 4.47. The highest BCUT2D eigenvalue weighted by Crippen LogP contribution is 2.32. The summed E-state index contributed by atoms with van der Waals surface area (Å²) in [7, 11) is -3.86. The van der Waals surface area contributed by atoms with Gasteiger partial charge in [-0.15, -0.1) is 0 Å². The van der Waals surface area contributed by atoms with Gasteiger partial charge in [0, 0.05) is 16.6 Å². The van der Waals surface area contributed by atoms with E-state index in [4.69, 9.17) is 4.74 Å². The molecular weight excluding hydrogens is 494 g/mol. The highest BCUT2D eigenvalue weighted by molar-refractivity contribution is 9.10. The van der Waals surface area contributed by atoms with Crippen LogP contribution in [0.2, 0.25) is 0 Å². The van der Waals surface area contributed by atoms with Crippen LogP contribution in [0.1, 0.15) is 32.7 Å². The second-order valence-corrected chi connectivity index (χ2v) is 10.0. The second kappa shape index (κ2) is 9.26. The first kappa shape index (κ1) is 22.2. The number of halogens is 1. The number of para-hydroxylation sites is 1. The molecule has 164 valence electrons. The van der Waals surface area contributed by atoms with Crippen LogP contribution in [0.15, 0.2) is 82.2 Å². The molecule has 4 rings (SSSR count). The summed E-state index contributed by atoms with van der Waals surface area (Å²) in [4.78, 5) is 24.9. The number of carbonyl (C=O) groups is 2. The fraction of sp³-hybridized carbons (Fsp3) is 0.167. The van der Waals surface area contributed by atoms with Crippen molar-refractivity contribution in [2.75, 3.05) is 17.5 Å². The molecule has 3 aromatic rings. The highest BCUT2D eigenvalue weighted by atomic mass is 79.9. The summed E-state index contributed by atoms with van der Waals surface area (Å²) in [5.74, 6) is -1.12. The minimum Gasteiger partial charge on any atom is -0.454 e. The smallest absolute Gasteiger partial charge is 0.338 e. The van der Waals surface area contributed by atoms with Crippen LogP contribution in [-0.4, -0.2) is 33.3 Å². The molecule has 0 amide bonds. The number of ether oxygens (including phenoxy) is 1. The number of esters is 1. The van der Waals surface area contributed by atoms with Crippen LogP contribution in [-0.2, 0) is 21.2 Å². The van der Waals surface area contributed by atoms with Crippen molar-refractivity contribution >= 4 is 43.4 Å². The van der Waals surface area contributed by atoms with Gasteiger partial charge in [-0.2, -0.15) is 0 Å². The van der Waals surface area contributed by atoms with Crippen molar-refractivity contribution in [1.82, 2.24) is 0 Å². The van der Waals surface area contributed by atoms with Gasteiger partial charge in [0.2, 0.25) is 5.78 Å². The Labute approximate surface area is 195 Å². The van der Waals surface area contributed by atoms with Crippen molar-refractivity contribution in [3.05, 3.63) is 94.0 Å². The van der Waals surface area contributed by atoms with Crippen molar-refractivity contribution in [1.29, 1.82) is 0 Å². The number of rotatable bonds is 6. The van der Waals surface area contributed by atoms with Gasteiger partial charge in [-0.3, -0.25) is 9.10 Å². The van der Waals surface area contributed by atoms with E-state index in [1.165, 1.54) is 28.6 Å². The van der Waals surface area contributed by atoms with E-state index in [0.717, 1.165) is 18.4 Å². The third-order valence-electron chi connectivity index (χ3n) is 5.23. The molecule has 0 fully saturated rings. The van der Waals surface area contributed by atoms with Crippen molar-refractivity contribution in [3.63, 3.8) is 0 Å². The Bertz CT molecular complexity index is 1290. The van der Waals surface area contributed by atoms with Gasteiger partial charge in [0.15, 0.2) is 6.61 Å². The first-order chi connectivity index (χ1) is 15.4. The number of ketones is 1. The second-order valence-electron chi connectivity index (χ2n) is 7.32. The Hall–Kier alpha value is -2.97. The Morgan fingerprint density at radius 3 is 2.53 bits per heavy atom. The first-order valence-electron chi connectivity index (χ1n) is 10.0. The highest BCUT2D eigenvalue weighted by Gasteiger charge is 2.29. The maximum Gasteiger partial charge on any atom is 0.338 e. The first-order valence-corrected chi connectivity index (χ1v) is 12.3. The monoisotopic (exact) mass is 513 g/mol. The molecule has 3 aromatic carbocycles. The van der Waals surface area contributed by atoms with E-state index in [1.807, 2.05) is 18.2 Å². The predicted molar refractivity (Wildman–Crippen MR) is 124 cm³/mol. The van der Waals surface area contributed by atoms with Gasteiger partial charge in [0.05, 0.1) is 16.1 Å². The Kier molecular flexibility index (Phi) is 6.43. The molecule has 0 atom stereocenters. The van der Waals surface area contributed by atoms with Crippen LogP contribution in [0.4, 0.5) is 5.69 Å². The summed E-state index contributed by atoms with van der Waals surface area (Å²) in [6.07, 6.45) is 1.54. The molecule has 0 radical (unpaired) electrons. The Morgan fingerprint density at radius 1 is 0.969 bits per heavy atom. The van der Waals surface area contributed by atoms with E-state index in [2.05, 4.69) is 15.9 Å². The van der Waals surface area contributed by atoms with Crippen molar-refractivity contribution < 1.29 is 22.7 Å². The van der Waals surface area contributed by atoms with E-state index >= 15 is 0 Å². The normalized spacial score (nSPS) is 13.3. The van der Waals surface area contributed by atoms with E-state index in [-0.39, 0.29) is 16.2 Å². The number of hydrogen-bond acceptors (Lipinski definition) is 5. The molecule has 0 saturated heterocycles.